The molecule has 0 radical (unpaired) electrons. The van der Waals surface area contributed by atoms with E-state index in [1.807, 2.05) is 6.92 Å². The molecule has 0 aliphatic carbocycles. The molecular formula is C20H20FN5O2. The molecule has 0 N–H and O–H groups in total. The Hall–Kier alpha value is -3.29. The normalized spacial score (nSPS) is 14.9. The Morgan fingerprint density at radius 1 is 1.18 bits per heavy atom. The number of rotatable bonds is 3. The van der Waals surface area contributed by atoms with Crippen molar-refractivity contribution in [2.75, 3.05) is 13.1 Å². The molecule has 0 unspecified atom stereocenters. The second-order valence-electron chi connectivity index (χ2n) is 6.79. The van der Waals surface area contributed by atoms with Crippen molar-refractivity contribution in [3.05, 3.63) is 60.3 Å². The highest BCUT2D eigenvalue weighted by Crippen LogP contribution is 2.26. The molecule has 1 aliphatic heterocycles. The topological polar surface area (TPSA) is 73.1 Å². The van der Waals surface area contributed by atoms with Crippen LogP contribution in [-0.4, -0.2) is 44.1 Å². The van der Waals surface area contributed by atoms with Crippen molar-refractivity contribution in [2.24, 2.45) is 0 Å². The van der Waals surface area contributed by atoms with Crippen molar-refractivity contribution in [3.8, 4) is 17.0 Å². The smallest absolute Gasteiger partial charge is 0.409 e. The Bertz CT molecular complexity index is 965. The van der Waals surface area contributed by atoms with Crippen LogP contribution in [0.5, 0.6) is 5.75 Å². The van der Waals surface area contributed by atoms with Crippen LogP contribution in [0, 0.1) is 12.7 Å². The summed E-state index contributed by atoms with van der Waals surface area (Å²) in [6.45, 7) is 2.98. The Morgan fingerprint density at radius 2 is 1.96 bits per heavy atom. The number of ether oxygens (including phenoxy) is 1. The second-order valence-corrected chi connectivity index (χ2v) is 6.79. The molecule has 28 heavy (non-hydrogen) atoms. The number of benzene rings is 1. The Balaban J connectivity index is 1.36. The summed E-state index contributed by atoms with van der Waals surface area (Å²) in [7, 11) is 0. The van der Waals surface area contributed by atoms with Gasteiger partial charge in [0, 0.05) is 24.3 Å². The van der Waals surface area contributed by atoms with E-state index in [0.717, 1.165) is 18.5 Å². The van der Waals surface area contributed by atoms with Crippen molar-refractivity contribution in [1.29, 1.82) is 0 Å². The van der Waals surface area contributed by atoms with Crippen LogP contribution in [0.1, 0.15) is 24.6 Å². The average Bonchev–Trinajstić information content (AvgIpc) is 3.20. The number of likely N-dealkylation sites (tertiary alicyclic amines) is 1. The number of piperidine rings is 1. The maximum absolute atomic E-state index is 13.9. The van der Waals surface area contributed by atoms with Crippen LogP contribution in [-0.2, 0) is 0 Å². The van der Waals surface area contributed by atoms with Crippen molar-refractivity contribution in [2.45, 2.75) is 25.8 Å². The lowest BCUT2D eigenvalue weighted by Gasteiger charge is -2.30. The molecule has 1 amide bonds. The maximum atomic E-state index is 13.9. The van der Waals surface area contributed by atoms with Gasteiger partial charge >= 0.3 is 6.09 Å². The summed E-state index contributed by atoms with van der Waals surface area (Å²) in [5, 5.41) is 8.26. The van der Waals surface area contributed by atoms with E-state index in [9.17, 15) is 9.18 Å². The van der Waals surface area contributed by atoms with E-state index in [1.165, 1.54) is 6.07 Å². The van der Waals surface area contributed by atoms with Crippen LogP contribution in [0.3, 0.4) is 0 Å². The molecule has 1 aromatic carbocycles. The first-order chi connectivity index (χ1) is 13.6. The maximum Gasteiger partial charge on any atom is 0.415 e. The molecule has 0 saturated carbocycles. The largest absolute Gasteiger partial charge is 0.415 e. The lowest BCUT2D eigenvalue weighted by Crippen LogP contribution is -2.40. The highest BCUT2D eigenvalue weighted by Gasteiger charge is 2.26. The number of carbonyl (C=O) groups excluding carboxylic acids is 1. The zero-order valence-electron chi connectivity index (χ0n) is 15.5. The van der Waals surface area contributed by atoms with Gasteiger partial charge in [0.2, 0.25) is 0 Å². The Morgan fingerprint density at radius 3 is 2.68 bits per heavy atom. The van der Waals surface area contributed by atoms with Gasteiger partial charge in [0.15, 0.2) is 5.75 Å². The first-order valence-corrected chi connectivity index (χ1v) is 9.16. The summed E-state index contributed by atoms with van der Waals surface area (Å²) in [5.74, 6) is 0.112. The Kier molecular flexibility index (Phi) is 5.01. The third-order valence-electron chi connectivity index (χ3n) is 4.85. The van der Waals surface area contributed by atoms with Crippen LogP contribution < -0.4 is 4.74 Å². The molecular weight excluding hydrogens is 361 g/mol. The fourth-order valence-electron chi connectivity index (χ4n) is 3.24. The first kappa shape index (κ1) is 18.1. The molecule has 3 heterocycles. The van der Waals surface area contributed by atoms with E-state index in [4.69, 9.17) is 4.74 Å². The summed E-state index contributed by atoms with van der Waals surface area (Å²) in [4.78, 5) is 18.1. The predicted octanol–water partition coefficient (Wildman–Crippen LogP) is 3.62. The Labute approximate surface area is 161 Å². The standard InChI is InChI=1S/C20H20FN5O2/c1-14-6-7-16(12-22-14)28-20(27)25-10-8-15(9-11-25)26-13-19(23-24-26)17-4-2-3-5-18(17)21/h2-7,12-13,15H,8-11H2,1H3. The first-order valence-electron chi connectivity index (χ1n) is 9.16. The van der Waals surface area contributed by atoms with Gasteiger partial charge in [-0.25, -0.2) is 13.9 Å². The fraction of sp³-hybridized carbons (Fsp3) is 0.300. The van der Waals surface area contributed by atoms with Crippen LogP contribution in [0.25, 0.3) is 11.3 Å². The molecule has 7 nitrogen and oxygen atoms in total. The lowest BCUT2D eigenvalue weighted by molar-refractivity contribution is 0.129. The van der Waals surface area contributed by atoms with Crippen molar-refractivity contribution >= 4 is 6.09 Å². The highest BCUT2D eigenvalue weighted by molar-refractivity contribution is 5.70. The van der Waals surface area contributed by atoms with Gasteiger partial charge in [0.05, 0.1) is 18.4 Å². The number of hydrogen-bond donors (Lipinski definition) is 0. The zero-order chi connectivity index (χ0) is 19.5. The predicted molar refractivity (Wildman–Crippen MR) is 100 cm³/mol. The van der Waals surface area contributed by atoms with Gasteiger partial charge in [-0.15, -0.1) is 5.10 Å². The molecule has 1 aliphatic rings. The van der Waals surface area contributed by atoms with Gasteiger partial charge in [-0.05, 0) is 44.0 Å². The van der Waals surface area contributed by atoms with E-state index in [0.29, 0.717) is 30.1 Å². The number of aryl methyl sites for hydroxylation is 1. The van der Waals surface area contributed by atoms with Gasteiger partial charge in [0.1, 0.15) is 11.5 Å². The van der Waals surface area contributed by atoms with E-state index < -0.39 is 0 Å². The third kappa shape index (κ3) is 3.85. The van der Waals surface area contributed by atoms with Crippen LogP contribution in [0.15, 0.2) is 48.8 Å². The third-order valence-corrected chi connectivity index (χ3v) is 4.85. The van der Waals surface area contributed by atoms with Gasteiger partial charge in [0.25, 0.3) is 0 Å². The number of nitrogens with zero attached hydrogens (tertiary/aromatic N) is 5. The molecule has 2 aromatic heterocycles. The van der Waals surface area contributed by atoms with E-state index in [1.54, 1.807) is 52.3 Å². The molecule has 0 bridgehead atoms. The van der Waals surface area contributed by atoms with Crippen LogP contribution >= 0.6 is 0 Å². The van der Waals surface area contributed by atoms with Gasteiger partial charge in [-0.3, -0.25) is 4.98 Å². The summed E-state index contributed by atoms with van der Waals surface area (Å²) in [6, 6.07) is 10.1. The summed E-state index contributed by atoms with van der Waals surface area (Å²) >= 11 is 0. The van der Waals surface area contributed by atoms with E-state index >= 15 is 0 Å². The monoisotopic (exact) mass is 381 g/mol. The highest BCUT2D eigenvalue weighted by atomic mass is 19.1. The molecule has 0 spiro atoms. The van der Waals surface area contributed by atoms with Crippen molar-refractivity contribution < 1.29 is 13.9 Å². The second kappa shape index (κ2) is 7.75. The molecule has 0 atom stereocenters. The molecule has 8 heteroatoms. The molecule has 1 saturated heterocycles. The summed E-state index contributed by atoms with van der Waals surface area (Å²) in [5.41, 5.74) is 1.80. The van der Waals surface area contributed by atoms with Gasteiger partial charge < -0.3 is 9.64 Å². The van der Waals surface area contributed by atoms with Crippen LogP contribution in [0.4, 0.5) is 9.18 Å². The quantitative estimate of drug-likeness (QED) is 0.693. The van der Waals surface area contributed by atoms with Crippen LogP contribution in [0.2, 0.25) is 0 Å². The SMILES string of the molecule is Cc1ccc(OC(=O)N2CCC(n3cc(-c4ccccc4F)nn3)CC2)cn1. The summed E-state index contributed by atoms with van der Waals surface area (Å²) < 4.78 is 21.1. The van der Waals surface area contributed by atoms with Gasteiger partial charge in [-0.1, -0.05) is 17.3 Å². The number of halogens is 1. The minimum absolute atomic E-state index is 0.109. The minimum Gasteiger partial charge on any atom is -0.409 e. The minimum atomic E-state index is -0.380. The number of amides is 1. The number of hydrogen-bond acceptors (Lipinski definition) is 5. The lowest BCUT2D eigenvalue weighted by atomic mass is 10.1. The molecule has 144 valence electrons. The average molecular weight is 381 g/mol. The summed E-state index contributed by atoms with van der Waals surface area (Å²) in [6.07, 6.45) is 4.37. The number of carbonyl (C=O) groups is 1. The van der Waals surface area contributed by atoms with Crippen molar-refractivity contribution in [1.82, 2.24) is 24.9 Å². The van der Waals surface area contributed by atoms with E-state index in [2.05, 4.69) is 15.3 Å². The molecule has 3 aromatic rings. The van der Waals surface area contributed by atoms with Crippen molar-refractivity contribution in [3.63, 3.8) is 0 Å². The number of pyridine rings is 1. The molecule has 1 fully saturated rings. The zero-order valence-corrected chi connectivity index (χ0v) is 15.5. The van der Waals surface area contributed by atoms with E-state index in [-0.39, 0.29) is 18.0 Å². The van der Waals surface area contributed by atoms with Gasteiger partial charge in [-0.2, -0.15) is 0 Å². The fourth-order valence-corrected chi connectivity index (χ4v) is 3.24. The molecule has 4 rings (SSSR count). The number of aromatic nitrogens is 4.